The van der Waals surface area contributed by atoms with E-state index in [1.807, 2.05) is 30.4 Å². The molecule has 164 valence electrons. The van der Waals surface area contributed by atoms with E-state index in [0.717, 1.165) is 5.56 Å². The molecule has 2 aromatic carbocycles. The Bertz CT molecular complexity index is 1130. The van der Waals surface area contributed by atoms with Gasteiger partial charge in [0.1, 0.15) is 5.60 Å². The first kappa shape index (κ1) is 20.7. The SMILES string of the molecule is CC(=O)Nc1ccc(N2C[C@@]34C=CC(O3)C(C(=O)NCc3ccccc3Cl)C4C2=O)cc1. The molecule has 8 heteroatoms. The topological polar surface area (TPSA) is 87.7 Å². The number of carbonyl (C=O) groups is 3. The summed E-state index contributed by atoms with van der Waals surface area (Å²) in [5.41, 5.74) is 1.36. The van der Waals surface area contributed by atoms with Crippen LogP contribution in [0.25, 0.3) is 0 Å². The summed E-state index contributed by atoms with van der Waals surface area (Å²) in [6.07, 6.45) is 3.39. The molecule has 2 saturated heterocycles. The van der Waals surface area contributed by atoms with Crippen molar-refractivity contribution < 1.29 is 19.1 Å². The Morgan fingerprint density at radius 3 is 2.66 bits per heavy atom. The third-order valence-electron chi connectivity index (χ3n) is 6.31. The second kappa shape index (κ2) is 7.76. The molecule has 4 atom stereocenters. The summed E-state index contributed by atoms with van der Waals surface area (Å²) in [7, 11) is 0. The lowest BCUT2D eigenvalue weighted by Crippen LogP contribution is -2.44. The summed E-state index contributed by atoms with van der Waals surface area (Å²) in [5, 5.41) is 6.22. The van der Waals surface area contributed by atoms with Crippen molar-refractivity contribution >= 4 is 40.7 Å². The lowest BCUT2D eigenvalue weighted by atomic mass is 9.77. The van der Waals surface area contributed by atoms with Crippen LogP contribution in [0.15, 0.2) is 60.7 Å². The molecular formula is C24H22ClN3O4. The number of benzene rings is 2. The molecule has 3 unspecified atom stereocenters. The molecule has 1 spiro atoms. The zero-order valence-corrected chi connectivity index (χ0v) is 18.1. The molecule has 0 aliphatic carbocycles. The van der Waals surface area contributed by atoms with Gasteiger partial charge in [0.05, 0.1) is 24.5 Å². The number of nitrogens with zero attached hydrogens (tertiary/aromatic N) is 1. The lowest BCUT2D eigenvalue weighted by Gasteiger charge is -2.23. The van der Waals surface area contributed by atoms with Gasteiger partial charge in [0.2, 0.25) is 17.7 Å². The highest BCUT2D eigenvalue weighted by molar-refractivity contribution is 6.31. The van der Waals surface area contributed by atoms with E-state index >= 15 is 0 Å². The normalized spacial score (nSPS) is 27.5. The van der Waals surface area contributed by atoms with Gasteiger partial charge in [0, 0.05) is 29.9 Å². The number of carbonyl (C=O) groups excluding carboxylic acids is 3. The summed E-state index contributed by atoms with van der Waals surface area (Å²) >= 11 is 6.20. The quantitative estimate of drug-likeness (QED) is 0.684. The van der Waals surface area contributed by atoms with Gasteiger partial charge >= 0.3 is 0 Å². The predicted octanol–water partition coefficient (Wildman–Crippen LogP) is 2.90. The third-order valence-corrected chi connectivity index (χ3v) is 6.68. The Morgan fingerprint density at radius 2 is 1.94 bits per heavy atom. The maximum absolute atomic E-state index is 13.4. The van der Waals surface area contributed by atoms with Gasteiger partial charge in [-0.2, -0.15) is 0 Å². The molecule has 0 saturated carbocycles. The Hall–Kier alpha value is -3.16. The van der Waals surface area contributed by atoms with E-state index in [2.05, 4.69) is 10.6 Å². The van der Waals surface area contributed by atoms with Crippen LogP contribution in [0, 0.1) is 11.8 Å². The first-order chi connectivity index (χ1) is 15.4. The molecule has 7 nitrogen and oxygen atoms in total. The zero-order chi connectivity index (χ0) is 22.5. The fourth-order valence-electron chi connectivity index (χ4n) is 4.89. The average molecular weight is 452 g/mol. The predicted molar refractivity (Wildman–Crippen MR) is 120 cm³/mol. The minimum atomic E-state index is -0.801. The fraction of sp³-hybridized carbons (Fsp3) is 0.292. The van der Waals surface area contributed by atoms with Crippen LogP contribution in [0.4, 0.5) is 11.4 Å². The summed E-state index contributed by atoms with van der Waals surface area (Å²) in [6.45, 7) is 2.07. The van der Waals surface area contributed by atoms with Crippen LogP contribution in [-0.4, -0.2) is 36.0 Å². The van der Waals surface area contributed by atoms with Crippen molar-refractivity contribution in [1.82, 2.24) is 5.32 Å². The average Bonchev–Trinajstić information content (AvgIpc) is 3.41. The van der Waals surface area contributed by atoms with Crippen molar-refractivity contribution in [3.63, 3.8) is 0 Å². The maximum atomic E-state index is 13.4. The van der Waals surface area contributed by atoms with Crippen LogP contribution < -0.4 is 15.5 Å². The number of rotatable bonds is 5. The molecule has 32 heavy (non-hydrogen) atoms. The van der Waals surface area contributed by atoms with Gasteiger partial charge in [-0.1, -0.05) is 42.0 Å². The molecule has 3 heterocycles. The molecule has 3 aliphatic heterocycles. The lowest BCUT2D eigenvalue weighted by molar-refractivity contribution is -0.132. The first-order valence-corrected chi connectivity index (χ1v) is 10.8. The standard InChI is InChI=1S/C24H22ClN3O4/c1-14(29)27-16-6-8-17(9-7-16)28-13-24-11-10-19(32-24)20(21(24)23(28)31)22(30)26-12-15-4-2-3-5-18(15)25/h2-11,19-21H,12-13H2,1H3,(H,26,30)(H,27,29)/t19?,20?,21?,24-/m1/s1. The van der Waals surface area contributed by atoms with Crippen LogP contribution in [0.5, 0.6) is 0 Å². The van der Waals surface area contributed by atoms with E-state index in [4.69, 9.17) is 16.3 Å². The van der Waals surface area contributed by atoms with Crippen LogP contribution in [0.3, 0.4) is 0 Å². The van der Waals surface area contributed by atoms with Crippen molar-refractivity contribution in [2.45, 2.75) is 25.2 Å². The molecule has 3 amide bonds. The summed E-state index contributed by atoms with van der Waals surface area (Å²) in [4.78, 5) is 39.4. The molecular weight excluding hydrogens is 430 g/mol. The van der Waals surface area contributed by atoms with Gasteiger partial charge in [-0.15, -0.1) is 0 Å². The van der Waals surface area contributed by atoms with Crippen molar-refractivity contribution in [1.29, 1.82) is 0 Å². The molecule has 3 aliphatic rings. The highest BCUT2D eigenvalue weighted by atomic mass is 35.5. The summed E-state index contributed by atoms with van der Waals surface area (Å²) < 4.78 is 6.17. The molecule has 2 aromatic rings. The smallest absolute Gasteiger partial charge is 0.234 e. The van der Waals surface area contributed by atoms with Crippen molar-refractivity contribution in [3.05, 3.63) is 71.3 Å². The van der Waals surface area contributed by atoms with Crippen LogP contribution in [0.2, 0.25) is 5.02 Å². The van der Waals surface area contributed by atoms with Gasteiger partial charge in [-0.3, -0.25) is 14.4 Å². The zero-order valence-electron chi connectivity index (χ0n) is 17.4. The fourth-order valence-corrected chi connectivity index (χ4v) is 5.09. The van der Waals surface area contributed by atoms with Gasteiger partial charge in [0.15, 0.2) is 0 Å². The van der Waals surface area contributed by atoms with Gasteiger partial charge in [0.25, 0.3) is 0 Å². The highest BCUT2D eigenvalue weighted by Gasteiger charge is 2.67. The Kier molecular flexibility index (Phi) is 5.03. The van der Waals surface area contributed by atoms with Gasteiger partial charge < -0.3 is 20.3 Å². The second-order valence-electron chi connectivity index (χ2n) is 8.36. The highest BCUT2D eigenvalue weighted by Crippen LogP contribution is 2.52. The van der Waals surface area contributed by atoms with E-state index in [0.29, 0.717) is 22.9 Å². The van der Waals surface area contributed by atoms with Crippen LogP contribution in [-0.2, 0) is 25.7 Å². The number of fused-ring (bicyclic) bond motifs is 1. The van der Waals surface area contributed by atoms with E-state index in [-0.39, 0.29) is 24.3 Å². The molecule has 5 rings (SSSR count). The second-order valence-corrected chi connectivity index (χ2v) is 8.77. The molecule has 2 N–H and O–H groups in total. The van der Waals surface area contributed by atoms with Crippen molar-refractivity contribution in [2.75, 3.05) is 16.8 Å². The van der Waals surface area contributed by atoms with Gasteiger partial charge in [-0.05, 0) is 35.9 Å². The number of hydrogen-bond acceptors (Lipinski definition) is 4. The monoisotopic (exact) mass is 451 g/mol. The third kappa shape index (κ3) is 3.38. The largest absolute Gasteiger partial charge is 0.360 e. The van der Waals surface area contributed by atoms with Gasteiger partial charge in [-0.25, -0.2) is 0 Å². The number of nitrogens with one attached hydrogen (secondary N) is 2. The van der Waals surface area contributed by atoms with E-state index in [1.165, 1.54) is 6.92 Å². The summed E-state index contributed by atoms with van der Waals surface area (Å²) in [6, 6.07) is 14.4. The first-order valence-electron chi connectivity index (χ1n) is 10.5. The minimum absolute atomic E-state index is 0.137. The van der Waals surface area contributed by atoms with Crippen molar-refractivity contribution in [3.8, 4) is 0 Å². The molecule has 2 bridgehead atoms. The Labute approximate surface area is 190 Å². The van der Waals surface area contributed by atoms with E-state index in [1.54, 1.807) is 35.2 Å². The number of ether oxygens (including phenoxy) is 1. The molecule has 0 aromatic heterocycles. The van der Waals surface area contributed by atoms with E-state index in [9.17, 15) is 14.4 Å². The number of halogens is 1. The minimum Gasteiger partial charge on any atom is -0.360 e. The Morgan fingerprint density at radius 1 is 1.19 bits per heavy atom. The Balaban J connectivity index is 1.34. The van der Waals surface area contributed by atoms with Crippen LogP contribution in [0.1, 0.15) is 12.5 Å². The van der Waals surface area contributed by atoms with Crippen LogP contribution >= 0.6 is 11.6 Å². The maximum Gasteiger partial charge on any atom is 0.234 e. The summed E-state index contributed by atoms with van der Waals surface area (Å²) in [5.74, 6) is -1.70. The number of hydrogen-bond donors (Lipinski definition) is 2. The van der Waals surface area contributed by atoms with Crippen molar-refractivity contribution in [2.24, 2.45) is 11.8 Å². The number of anilines is 2. The molecule has 2 fully saturated rings. The number of amides is 3. The molecule has 0 radical (unpaired) electrons. The van der Waals surface area contributed by atoms with E-state index < -0.39 is 23.5 Å².